The van der Waals surface area contributed by atoms with Gasteiger partial charge in [-0.1, -0.05) is 54.1 Å². The topological polar surface area (TPSA) is 68.3 Å². The minimum atomic E-state index is -4.52. The molecule has 7 heteroatoms. The van der Waals surface area contributed by atoms with Crippen LogP contribution in [0.1, 0.15) is 27.8 Å². The molecule has 0 heterocycles. The second-order valence-electron chi connectivity index (χ2n) is 6.86. The van der Waals surface area contributed by atoms with E-state index in [1.54, 1.807) is 24.3 Å². The molecule has 0 saturated carbocycles. The molecule has 0 bridgehead atoms. The molecule has 0 atom stereocenters. The molecule has 0 spiro atoms. The number of nitrogens with two attached hydrogens (primary N) is 1. The summed E-state index contributed by atoms with van der Waals surface area (Å²) in [6.07, 6.45) is -4.52. The van der Waals surface area contributed by atoms with Crippen LogP contribution in [0.4, 0.5) is 13.2 Å². The molecule has 0 radical (unpaired) electrons. The van der Waals surface area contributed by atoms with Gasteiger partial charge in [-0.2, -0.15) is 13.2 Å². The van der Waals surface area contributed by atoms with Gasteiger partial charge in [0, 0.05) is 11.6 Å². The first-order valence-corrected chi connectivity index (χ1v) is 9.17. The summed E-state index contributed by atoms with van der Waals surface area (Å²) in [7, 11) is 0. The fourth-order valence-electron chi connectivity index (χ4n) is 2.70. The van der Waals surface area contributed by atoms with Crippen LogP contribution in [-0.2, 0) is 19.4 Å². The van der Waals surface area contributed by atoms with Gasteiger partial charge in [0.2, 0.25) is 0 Å². The Bertz CT molecular complexity index is 1010. The highest BCUT2D eigenvalue weighted by molar-refractivity contribution is 5.94. The monoisotopic (exact) mass is 414 g/mol. The summed E-state index contributed by atoms with van der Waals surface area (Å²) in [4.78, 5) is 0. The van der Waals surface area contributed by atoms with E-state index in [4.69, 9.17) is 20.6 Å². The Hall–Kier alpha value is -3.48. The minimum Gasteiger partial charge on any atom is -0.489 e. The summed E-state index contributed by atoms with van der Waals surface area (Å²) in [6, 6.07) is 17.6. The maximum atomic E-state index is 13.3. The molecule has 0 aliphatic carbocycles. The lowest BCUT2D eigenvalue weighted by molar-refractivity contribution is -0.137. The molecule has 0 aromatic heterocycles. The van der Waals surface area contributed by atoms with Crippen molar-refractivity contribution in [2.24, 2.45) is 5.73 Å². The summed E-state index contributed by atoms with van der Waals surface area (Å²) in [6.45, 7) is 2.17. The summed E-state index contributed by atoms with van der Waals surface area (Å²) in [5, 5.41) is 7.39. The lowest BCUT2D eigenvalue weighted by Gasteiger charge is -2.14. The van der Waals surface area contributed by atoms with Gasteiger partial charge in [-0.25, -0.2) is 0 Å². The van der Waals surface area contributed by atoms with Gasteiger partial charge in [0.25, 0.3) is 0 Å². The van der Waals surface area contributed by atoms with Crippen LogP contribution in [0.15, 0.2) is 66.7 Å². The molecule has 3 rings (SSSR count). The predicted molar refractivity (Wildman–Crippen MR) is 109 cm³/mol. The number of ether oxygens (including phenoxy) is 2. The number of hydrogen-bond acceptors (Lipinski definition) is 3. The van der Waals surface area contributed by atoms with E-state index in [2.05, 4.69) is 0 Å². The van der Waals surface area contributed by atoms with Gasteiger partial charge in [0.05, 0.1) is 5.56 Å². The average molecular weight is 414 g/mol. The first kappa shape index (κ1) is 21.2. The molecule has 30 heavy (non-hydrogen) atoms. The van der Waals surface area contributed by atoms with Gasteiger partial charge < -0.3 is 15.2 Å². The third kappa shape index (κ3) is 5.76. The summed E-state index contributed by atoms with van der Waals surface area (Å²) in [5.74, 6) is 0.0717. The number of hydrogen-bond donors (Lipinski definition) is 2. The molecule has 3 N–H and O–H groups in total. The number of rotatable bonds is 7. The molecule has 0 aliphatic heterocycles. The van der Waals surface area contributed by atoms with Crippen LogP contribution in [0.2, 0.25) is 0 Å². The number of alkyl halides is 3. The van der Waals surface area contributed by atoms with Crippen LogP contribution < -0.4 is 15.2 Å². The van der Waals surface area contributed by atoms with E-state index in [1.165, 1.54) is 6.07 Å². The van der Waals surface area contributed by atoms with E-state index >= 15 is 0 Å². The highest BCUT2D eigenvalue weighted by Crippen LogP contribution is 2.35. The second kappa shape index (κ2) is 8.90. The molecule has 0 unspecified atom stereocenters. The Morgan fingerprint density at radius 1 is 0.833 bits per heavy atom. The fourth-order valence-corrected chi connectivity index (χ4v) is 2.70. The van der Waals surface area contributed by atoms with E-state index in [0.717, 1.165) is 28.8 Å². The molecule has 0 fully saturated rings. The third-order valence-corrected chi connectivity index (χ3v) is 4.40. The smallest absolute Gasteiger partial charge is 0.416 e. The van der Waals surface area contributed by atoms with Crippen molar-refractivity contribution in [1.82, 2.24) is 0 Å². The molecule has 0 amide bonds. The van der Waals surface area contributed by atoms with Crippen molar-refractivity contribution in [1.29, 1.82) is 5.41 Å². The molecule has 3 aromatic carbocycles. The zero-order chi connectivity index (χ0) is 21.7. The number of nitrogens with one attached hydrogen (secondary N) is 1. The van der Waals surface area contributed by atoms with E-state index in [1.807, 2.05) is 31.2 Å². The number of aryl methyl sites for hydroxylation is 1. The van der Waals surface area contributed by atoms with Crippen LogP contribution in [0.5, 0.6) is 11.5 Å². The number of nitrogen functional groups attached to an aromatic ring is 1. The van der Waals surface area contributed by atoms with Crippen molar-refractivity contribution >= 4 is 5.84 Å². The maximum Gasteiger partial charge on any atom is 0.416 e. The van der Waals surface area contributed by atoms with Crippen LogP contribution >= 0.6 is 0 Å². The molecular formula is C23H21F3N2O2. The predicted octanol–water partition coefficient (Wildman–Crippen LogP) is 5.46. The first-order valence-electron chi connectivity index (χ1n) is 9.17. The Balaban J connectivity index is 1.74. The maximum absolute atomic E-state index is 13.3. The van der Waals surface area contributed by atoms with Crippen molar-refractivity contribution in [2.45, 2.75) is 26.3 Å². The van der Waals surface area contributed by atoms with Gasteiger partial charge in [0.1, 0.15) is 30.5 Å². The van der Waals surface area contributed by atoms with Crippen molar-refractivity contribution < 1.29 is 22.6 Å². The molecular weight excluding hydrogens is 393 g/mol. The average Bonchev–Trinajstić information content (AvgIpc) is 2.71. The molecule has 3 aromatic rings. The Labute approximate surface area is 172 Å². The normalized spacial score (nSPS) is 11.2. The lowest BCUT2D eigenvalue weighted by Crippen LogP contribution is -2.10. The quantitative estimate of drug-likeness (QED) is 0.399. The van der Waals surface area contributed by atoms with E-state index in [0.29, 0.717) is 5.56 Å². The van der Waals surface area contributed by atoms with Crippen molar-refractivity contribution in [3.8, 4) is 11.5 Å². The van der Waals surface area contributed by atoms with E-state index in [-0.39, 0.29) is 30.5 Å². The van der Waals surface area contributed by atoms with Crippen LogP contribution in [0, 0.1) is 12.3 Å². The van der Waals surface area contributed by atoms with Crippen LogP contribution in [0.25, 0.3) is 0 Å². The van der Waals surface area contributed by atoms with Crippen molar-refractivity contribution in [3.63, 3.8) is 0 Å². The minimum absolute atomic E-state index is 0.0550. The molecule has 156 valence electrons. The molecule has 0 saturated heterocycles. The third-order valence-electron chi connectivity index (χ3n) is 4.40. The Morgan fingerprint density at radius 3 is 1.73 bits per heavy atom. The van der Waals surface area contributed by atoms with Crippen molar-refractivity contribution in [2.75, 3.05) is 0 Å². The van der Waals surface area contributed by atoms with E-state index < -0.39 is 11.7 Å². The van der Waals surface area contributed by atoms with Gasteiger partial charge in [-0.15, -0.1) is 0 Å². The van der Waals surface area contributed by atoms with Crippen molar-refractivity contribution in [3.05, 3.63) is 94.5 Å². The van der Waals surface area contributed by atoms with Gasteiger partial charge in [-0.3, -0.25) is 5.41 Å². The SMILES string of the molecule is Cc1ccc(COc2cc(OCc3ccc(C(=N)N)cc3)cc(C(F)(F)F)c2)cc1. The number of halogens is 3. The van der Waals surface area contributed by atoms with Crippen LogP contribution in [-0.4, -0.2) is 5.84 Å². The lowest BCUT2D eigenvalue weighted by atomic mass is 10.1. The zero-order valence-corrected chi connectivity index (χ0v) is 16.3. The van der Waals surface area contributed by atoms with Gasteiger partial charge in [0.15, 0.2) is 0 Å². The number of amidine groups is 1. The first-order chi connectivity index (χ1) is 14.2. The highest BCUT2D eigenvalue weighted by Gasteiger charge is 2.31. The second-order valence-corrected chi connectivity index (χ2v) is 6.86. The standard InChI is InChI=1S/C23H21F3N2O2/c1-15-2-4-16(5-3-15)13-29-20-10-19(23(24,25)26)11-21(12-20)30-14-17-6-8-18(9-7-17)22(27)28/h2-12H,13-14H2,1H3,(H3,27,28). The largest absolute Gasteiger partial charge is 0.489 e. The summed E-state index contributed by atoms with van der Waals surface area (Å²) >= 11 is 0. The number of benzene rings is 3. The van der Waals surface area contributed by atoms with Crippen LogP contribution in [0.3, 0.4) is 0 Å². The summed E-state index contributed by atoms with van der Waals surface area (Å²) in [5.41, 5.74) is 7.81. The molecule has 0 aliphatic rings. The zero-order valence-electron chi connectivity index (χ0n) is 16.3. The van der Waals surface area contributed by atoms with Gasteiger partial charge >= 0.3 is 6.18 Å². The van der Waals surface area contributed by atoms with E-state index in [9.17, 15) is 13.2 Å². The fraction of sp³-hybridized carbons (Fsp3) is 0.174. The van der Waals surface area contributed by atoms with Gasteiger partial charge in [-0.05, 0) is 30.2 Å². The Kier molecular flexibility index (Phi) is 6.30. The molecule has 4 nitrogen and oxygen atoms in total. The Morgan fingerprint density at radius 2 is 1.30 bits per heavy atom. The highest BCUT2D eigenvalue weighted by atomic mass is 19.4. The summed E-state index contributed by atoms with van der Waals surface area (Å²) < 4.78 is 51.0.